The molecule has 7 heteroatoms. The van der Waals surface area contributed by atoms with Crippen molar-refractivity contribution in [3.63, 3.8) is 0 Å². The summed E-state index contributed by atoms with van der Waals surface area (Å²) in [6.45, 7) is 1.58. The van der Waals surface area contributed by atoms with Crippen LogP contribution < -0.4 is 0 Å². The molecule has 0 saturated carbocycles. The Labute approximate surface area is 209 Å². The number of piperidine rings is 1. The highest BCUT2D eigenvalue weighted by Gasteiger charge is 2.24. The monoisotopic (exact) mass is 486 g/mol. The number of benzene rings is 3. The van der Waals surface area contributed by atoms with E-state index in [1.54, 1.807) is 12.1 Å². The first-order chi connectivity index (χ1) is 17.2. The van der Waals surface area contributed by atoms with Crippen LogP contribution in [0.15, 0.2) is 90.1 Å². The molecule has 1 aromatic heterocycles. The summed E-state index contributed by atoms with van der Waals surface area (Å²) in [5.74, 6) is 1.38. The van der Waals surface area contributed by atoms with E-state index in [9.17, 15) is 9.18 Å². The molecule has 0 aliphatic carbocycles. The summed E-state index contributed by atoms with van der Waals surface area (Å²) in [6, 6.07) is 26.6. The quantitative estimate of drug-likeness (QED) is 0.317. The van der Waals surface area contributed by atoms with Gasteiger partial charge in [0.15, 0.2) is 11.0 Å². The van der Waals surface area contributed by atoms with E-state index < -0.39 is 0 Å². The van der Waals surface area contributed by atoms with Crippen LogP contribution in [0.4, 0.5) is 4.39 Å². The molecular formula is C28H27FN4OS. The molecule has 2 heterocycles. The van der Waals surface area contributed by atoms with Gasteiger partial charge in [-0.3, -0.25) is 9.36 Å². The van der Waals surface area contributed by atoms with E-state index in [1.807, 2.05) is 45.9 Å². The molecule has 5 nitrogen and oxygen atoms in total. The number of carbonyl (C=O) groups excluding carboxylic acids is 1. The van der Waals surface area contributed by atoms with Gasteiger partial charge in [0.05, 0.1) is 5.75 Å². The maximum Gasteiger partial charge on any atom is 0.233 e. The first-order valence-electron chi connectivity index (χ1n) is 11.9. The van der Waals surface area contributed by atoms with Crippen molar-refractivity contribution in [1.82, 2.24) is 19.7 Å². The van der Waals surface area contributed by atoms with Gasteiger partial charge in [-0.1, -0.05) is 72.4 Å². The van der Waals surface area contributed by atoms with Gasteiger partial charge in [-0.2, -0.15) is 0 Å². The van der Waals surface area contributed by atoms with Gasteiger partial charge >= 0.3 is 0 Å². The molecule has 0 N–H and O–H groups in total. The average molecular weight is 487 g/mol. The number of hydrogen-bond donors (Lipinski definition) is 0. The summed E-state index contributed by atoms with van der Waals surface area (Å²) in [5.41, 5.74) is 3.03. The lowest BCUT2D eigenvalue weighted by Gasteiger charge is -2.32. The highest BCUT2D eigenvalue weighted by Crippen LogP contribution is 2.29. The molecule has 0 atom stereocenters. The molecule has 0 bridgehead atoms. The van der Waals surface area contributed by atoms with Crippen molar-refractivity contribution in [3.05, 3.63) is 96.3 Å². The fourth-order valence-corrected chi connectivity index (χ4v) is 5.37. The summed E-state index contributed by atoms with van der Waals surface area (Å²) < 4.78 is 15.5. The molecule has 1 aliphatic rings. The van der Waals surface area contributed by atoms with E-state index in [-0.39, 0.29) is 17.5 Å². The number of halogens is 1. The maximum absolute atomic E-state index is 13.6. The smallest absolute Gasteiger partial charge is 0.233 e. The molecule has 0 unspecified atom stereocenters. The Morgan fingerprint density at radius 3 is 2.23 bits per heavy atom. The zero-order chi connectivity index (χ0) is 24.0. The number of thioether (sulfide) groups is 1. The van der Waals surface area contributed by atoms with Gasteiger partial charge in [0, 0.05) is 24.3 Å². The van der Waals surface area contributed by atoms with Crippen LogP contribution in [0.25, 0.3) is 17.1 Å². The van der Waals surface area contributed by atoms with Crippen molar-refractivity contribution in [2.45, 2.75) is 24.4 Å². The van der Waals surface area contributed by atoms with Gasteiger partial charge in [-0.15, -0.1) is 10.2 Å². The van der Waals surface area contributed by atoms with Crippen LogP contribution in [-0.2, 0) is 11.2 Å². The van der Waals surface area contributed by atoms with Crippen molar-refractivity contribution in [2.75, 3.05) is 18.8 Å². The fraction of sp³-hybridized carbons (Fsp3) is 0.250. The SMILES string of the molecule is O=C(CSc1nnc(-c2ccccc2)n1-c1ccc(F)cc1)N1CCC(Cc2ccccc2)CC1. The number of likely N-dealkylation sites (tertiary alicyclic amines) is 1. The Balaban J connectivity index is 1.25. The summed E-state index contributed by atoms with van der Waals surface area (Å²) in [5, 5.41) is 9.39. The van der Waals surface area contributed by atoms with Crippen LogP contribution in [0.1, 0.15) is 18.4 Å². The molecule has 5 rings (SSSR count). The fourth-order valence-electron chi connectivity index (χ4n) is 4.51. The number of rotatable bonds is 7. The first kappa shape index (κ1) is 23.3. The zero-order valence-corrected chi connectivity index (χ0v) is 20.2. The number of aromatic nitrogens is 3. The van der Waals surface area contributed by atoms with Gasteiger partial charge in [0.1, 0.15) is 5.82 Å². The third-order valence-corrected chi connectivity index (χ3v) is 7.32. The summed E-state index contributed by atoms with van der Waals surface area (Å²) in [4.78, 5) is 15.0. The molecule has 4 aromatic rings. The Morgan fingerprint density at radius 2 is 1.54 bits per heavy atom. The summed E-state index contributed by atoms with van der Waals surface area (Å²) in [7, 11) is 0. The summed E-state index contributed by atoms with van der Waals surface area (Å²) in [6.07, 6.45) is 3.12. The van der Waals surface area contributed by atoms with E-state index in [4.69, 9.17) is 0 Å². The molecular weight excluding hydrogens is 459 g/mol. The van der Waals surface area contributed by atoms with Crippen LogP contribution in [-0.4, -0.2) is 44.4 Å². The van der Waals surface area contributed by atoms with Crippen LogP contribution in [0.5, 0.6) is 0 Å². The van der Waals surface area contributed by atoms with Crippen LogP contribution in [0.2, 0.25) is 0 Å². The normalized spacial score (nSPS) is 14.3. The first-order valence-corrected chi connectivity index (χ1v) is 12.9. The Hall–Kier alpha value is -3.45. The van der Waals surface area contributed by atoms with Crippen molar-refractivity contribution < 1.29 is 9.18 Å². The number of amides is 1. The third kappa shape index (κ3) is 5.62. The molecule has 0 radical (unpaired) electrons. The van der Waals surface area contributed by atoms with E-state index in [1.165, 1.54) is 29.5 Å². The van der Waals surface area contributed by atoms with Crippen LogP contribution in [0, 0.1) is 11.7 Å². The number of hydrogen-bond acceptors (Lipinski definition) is 4. The molecule has 1 fully saturated rings. The second kappa shape index (κ2) is 10.9. The van der Waals surface area contributed by atoms with E-state index in [2.05, 4.69) is 34.5 Å². The van der Waals surface area contributed by atoms with E-state index in [0.717, 1.165) is 43.6 Å². The standard InChI is InChI=1S/C28H27FN4OS/c29-24-11-13-25(14-12-24)33-27(23-9-5-2-6-10-23)30-31-28(33)35-20-26(34)32-17-15-22(16-18-32)19-21-7-3-1-4-8-21/h1-14,22H,15-20H2. The van der Waals surface area contributed by atoms with Gasteiger partial charge < -0.3 is 4.90 Å². The zero-order valence-electron chi connectivity index (χ0n) is 19.4. The van der Waals surface area contributed by atoms with Crippen molar-refractivity contribution in [2.24, 2.45) is 5.92 Å². The average Bonchev–Trinajstić information content (AvgIpc) is 3.33. The molecule has 1 aliphatic heterocycles. The van der Waals surface area contributed by atoms with Gasteiger partial charge in [-0.05, 0) is 55.0 Å². The van der Waals surface area contributed by atoms with Crippen LogP contribution in [0.3, 0.4) is 0 Å². The van der Waals surface area contributed by atoms with Crippen molar-refractivity contribution in [1.29, 1.82) is 0 Å². The molecule has 3 aromatic carbocycles. The van der Waals surface area contributed by atoms with Gasteiger partial charge in [-0.25, -0.2) is 4.39 Å². The number of carbonyl (C=O) groups is 1. The second-order valence-corrected chi connectivity index (χ2v) is 9.73. The molecule has 1 amide bonds. The predicted octanol–water partition coefficient (Wildman–Crippen LogP) is 5.65. The molecule has 1 saturated heterocycles. The lowest BCUT2D eigenvalue weighted by atomic mass is 9.90. The van der Waals surface area contributed by atoms with Gasteiger partial charge in [0.25, 0.3) is 0 Å². The largest absolute Gasteiger partial charge is 0.342 e. The summed E-state index contributed by atoms with van der Waals surface area (Å²) >= 11 is 1.37. The maximum atomic E-state index is 13.6. The lowest BCUT2D eigenvalue weighted by Crippen LogP contribution is -2.39. The third-order valence-electron chi connectivity index (χ3n) is 6.41. The predicted molar refractivity (Wildman–Crippen MR) is 137 cm³/mol. The lowest BCUT2D eigenvalue weighted by molar-refractivity contribution is -0.129. The second-order valence-electron chi connectivity index (χ2n) is 8.79. The minimum atomic E-state index is -0.303. The minimum Gasteiger partial charge on any atom is -0.342 e. The Kier molecular flexibility index (Phi) is 7.23. The van der Waals surface area contributed by atoms with Crippen molar-refractivity contribution in [3.8, 4) is 17.1 Å². The molecule has 178 valence electrons. The van der Waals surface area contributed by atoms with E-state index >= 15 is 0 Å². The Morgan fingerprint density at radius 1 is 0.886 bits per heavy atom. The molecule has 0 spiro atoms. The van der Waals surface area contributed by atoms with E-state index in [0.29, 0.717) is 16.9 Å². The Bertz CT molecular complexity index is 1250. The highest BCUT2D eigenvalue weighted by molar-refractivity contribution is 7.99. The topological polar surface area (TPSA) is 51.0 Å². The minimum absolute atomic E-state index is 0.114. The molecule has 35 heavy (non-hydrogen) atoms. The number of nitrogens with zero attached hydrogens (tertiary/aromatic N) is 4. The van der Waals surface area contributed by atoms with Gasteiger partial charge in [0.2, 0.25) is 5.91 Å². The van der Waals surface area contributed by atoms with Crippen LogP contribution >= 0.6 is 11.8 Å². The highest BCUT2D eigenvalue weighted by atomic mass is 32.2. The van der Waals surface area contributed by atoms with Crippen molar-refractivity contribution >= 4 is 17.7 Å².